The van der Waals surface area contributed by atoms with Crippen molar-refractivity contribution in [2.75, 3.05) is 13.2 Å². The van der Waals surface area contributed by atoms with Gasteiger partial charge in [-0.25, -0.2) is 18.4 Å². The third-order valence-corrected chi connectivity index (χ3v) is 3.69. The first-order valence-corrected chi connectivity index (χ1v) is 7.27. The van der Waals surface area contributed by atoms with Crippen LogP contribution in [0.15, 0.2) is 17.1 Å². The van der Waals surface area contributed by atoms with Crippen LogP contribution in [-0.4, -0.2) is 36.1 Å². The molecule has 0 N–H and O–H groups in total. The van der Waals surface area contributed by atoms with Crippen molar-refractivity contribution in [1.29, 1.82) is 0 Å². The van der Waals surface area contributed by atoms with Gasteiger partial charge in [0.2, 0.25) is 0 Å². The summed E-state index contributed by atoms with van der Waals surface area (Å²) in [5, 5.41) is 0. The number of pyridine rings is 1. The van der Waals surface area contributed by atoms with E-state index in [1.165, 1.54) is 0 Å². The number of aromatic nitrogens is 1. The van der Waals surface area contributed by atoms with Crippen LogP contribution < -0.4 is 5.56 Å². The zero-order valence-corrected chi connectivity index (χ0v) is 12.8. The predicted molar refractivity (Wildman–Crippen MR) is 75.8 cm³/mol. The Balaban J connectivity index is 2.57. The van der Waals surface area contributed by atoms with Gasteiger partial charge in [-0.2, -0.15) is 0 Å². The maximum atomic E-state index is 13.2. The summed E-state index contributed by atoms with van der Waals surface area (Å²) in [5.41, 5.74) is -2.92. The fourth-order valence-electron chi connectivity index (χ4n) is 2.32. The van der Waals surface area contributed by atoms with Crippen LogP contribution in [0.2, 0.25) is 0 Å². The highest BCUT2D eigenvalue weighted by molar-refractivity contribution is 6.02. The summed E-state index contributed by atoms with van der Waals surface area (Å²) in [6, 6.07) is 0.854. The van der Waals surface area contributed by atoms with E-state index >= 15 is 0 Å². The second kappa shape index (κ2) is 6.47. The third kappa shape index (κ3) is 3.11. The minimum absolute atomic E-state index is 0.0419. The molecule has 1 aliphatic carbocycles. The minimum atomic E-state index is -2.75. The van der Waals surface area contributed by atoms with Crippen molar-refractivity contribution < 1.29 is 27.8 Å². The van der Waals surface area contributed by atoms with Crippen molar-refractivity contribution in [3.63, 3.8) is 0 Å². The first-order chi connectivity index (χ1) is 10.9. The van der Waals surface area contributed by atoms with E-state index in [1.807, 2.05) is 0 Å². The molecule has 0 aliphatic heterocycles. The monoisotopic (exact) mass is 329 g/mol. The van der Waals surface area contributed by atoms with Crippen molar-refractivity contribution in [3.8, 4) is 0 Å². The van der Waals surface area contributed by atoms with Crippen molar-refractivity contribution in [2.24, 2.45) is 0 Å². The molecule has 0 amide bonds. The van der Waals surface area contributed by atoms with Crippen LogP contribution >= 0.6 is 0 Å². The van der Waals surface area contributed by atoms with E-state index in [0.717, 1.165) is 16.8 Å². The molecule has 1 aromatic rings. The molecule has 0 atom stereocenters. The van der Waals surface area contributed by atoms with Gasteiger partial charge in [-0.15, -0.1) is 0 Å². The summed E-state index contributed by atoms with van der Waals surface area (Å²) in [4.78, 5) is 36.1. The molecule has 6 nitrogen and oxygen atoms in total. The molecule has 0 aromatic carbocycles. The third-order valence-electron chi connectivity index (χ3n) is 3.69. The van der Waals surface area contributed by atoms with E-state index < -0.39 is 29.5 Å². The van der Waals surface area contributed by atoms with Crippen LogP contribution in [0, 0.1) is 0 Å². The average molecular weight is 329 g/mol. The minimum Gasteiger partial charge on any atom is -0.462 e. The Morgan fingerprint density at radius 3 is 2.13 bits per heavy atom. The number of rotatable bonds is 6. The molecule has 0 unspecified atom stereocenters. The number of hydrogen-bond acceptors (Lipinski definition) is 5. The highest BCUT2D eigenvalue weighted by Gasteiger charge is 2.53. The summed E-state index contributed by atoms with van der Waals surface area (Å²) in [6.45, 7) is 3.23. The average Bonchev–Trinajstić information content (AvgIpc) is 3.29. The summed E-state index contributed by atoms with van der Waals surface area (Å²) in [5.74, 6) is -1.74. The Labute approximate surface area is 131 Å². The van der Waals surface area contributed by atoms with Gasteiger partial charge in [0.15, 0.2) is 0 Å². The Hall–Kier alpha value is -2.25. The Morgan fingerprint density at radius 2 is 1.70 bits per heavy atom. The lowest BCUT2D eigenvalue weighted by molar-refractivity contribution is 0.0469. The van der Waals surface area contributed by atoms with Crippen molar-refractivity contribution in [2.45, 2.75) is 38.7 Å². The van der Waals surface area contributed by atoms with Gasteiger partial charge in [0, 0.05) is 12.3 Å². The number of carbonyl (C=O) groups excluding carboxylic acids is 2. The molecule has 2 rings (SSSR count). The van der Waals surface area contributed by atoms with Crippen LogP contribution in [0.3, 0.4) is 0 Å². The smallest absolute Gasteiger partial charge is 0.340 e. The van der Waals surface area contributed by atoms with Crippen LogP contribution in [-0.2, 0) is 15.0 Å². The van der Waals surface area contributed by atoms with Gasteiger partial charge in [-0.3, -0.25) is 4.79 Å². The summed E-state index contributed by atoms with van der Waals surface area (Å²) in [7, 11) is 0. The molecule has 0 spiro atoms. The summed E-state index contributed by atoms with van der Waals surface area (Å²) < 4.78 is 36.9. The van der Waals surface area contributed by atoms with Crippen LogP contribution in [0.5, 0.6) is 0 Å². The quantitative estimate of drug-likeness (QED) is 0.746. The highest BCUT2D eigenvalue weighted by Crippen LogP contribution is 2.47. The molecule has 1 fully saturated rings. The first-order valence-electron chi connectivity index (χ1n) is 7.27. The number of esters is 2. The molecular weight excluding hydrogens is 312 g/mol. The van der Waals surface area contributed by atoms with Crippen LogP contribution in [0.4, 0.5) is 8.78 Å². The zero-order chi connectivity index (χ0) is 17.2. The van der Waals surface area contributed by atoms with Gasteiger partial charge < -0.3 is 14.0 Å². The number of halogens is 2. The van der Waals surface area contributed by atoms with E-state index in [1.54, 1.807) is 13.8 Å². The van der Waals surface area contributed by atoms with E-state index in [2.05, 4.69) is 0 Å². The van der Waals surface area contributed by atoms with E-state index in [-0.39, 0.29) is 37.2 Å². The van der Waals surface area contributed by atoms with Gasteiger partial charge in [-0.05, 0) is 26.7 Å². The summed E-state index contributed by atoms with van der Waals surface area (Å²) in [6.07, 6.45) is -1.51. The Bertz CT molecular complexity index is 679. The van der Waals surface area contributed by atoms with Gasteiger partial charge in [-0.1, -0.05) is 0 Å². The number of alkyl halides is 2. The molecule has 1 aliphatic rings. The lowest BCUT2D eigenvalue weighted by Gasteiger charge is -2.19. The topological polar surface area (TPSA) is 74.6 Å². The van der Waals surface area contributed by atoms with Crippen molar-refractivity contribution in [1.82, 2.24) is 4.57 Å². The number of ether oxygens (including phenoxy) is 2. The molecule has 0 saturated heterocycles. The fraction of sp³-hybridized carbons (Fsp3) is 0.533. The molecule has 1 saturated carbocycles. The predicted octanol–water partition coefficient (Wildman–Crippen LogP) is 1.96. The zero-order valence-electron chi connectivity index (χ0n) is 12.8. The van der Waals surface area contributed by atoms with E-state index in [4.69, 9.17) is 9.47 Å². The number of hydrogen-bond donors (Lipinski definition) is 0. The van der Waals surface area contributed by atoms with E-state index in [9.17, 15) is 23.2 Å². The normalized spacial score (nSPS) is 15.3. The van der Waals surface area contributed by atoms with Gasteiger partial charge in [0.1, 0.15) is 5.54 Å². The highest BCUT2D eigenvalue weighted by atomic mass is 19.3. The SMILES string of the molecule is CCOC(=O)c1cc(=O)n(C2(C(F)F)CC2)cc1C(=O)OCC. The van der Waals surface area contributed by atoms with Crippen LogP contribution in [0.25, 0.3) is 0 Å². The van der Waals surface area contributed by atoms with Gasteiger partial charge >= 0.3 is 11.9 Å². The molecule has 0 radical (unpaired) electrons. The summed E-state index contributed by atoms with van der Waals surface area (Å²) >= 11 is 0. The van der Waals surface area contributed by atoms with Crippen LogP contribution in [0.1, 0.15) is 47.4 Å². The molecule has 23 heavy (non-hydrogen) atoms. The molecule has 1 heterocycles. The molecule has 126 valence electrons. The largest absolute Gasteiger partial charge is 0.462 e. The fourth-order valence-corrected chi connectivity index (χ4v) is 2.32. The van der Waals surface area contributed by atoms with Gasteiger partial charge in [0.05, 0.1) is 24.3 Å². The molecule has 8 heteroatoms. The Morgan fingerprint density at radius 1 is 1.17 bits per heavy atom. The second-order valence-electron chi connectivity index (χ2n) is 5.15. The van der Waals surface area contributed by atoms with E-state index in [0.29, 0.717) is 0 Å². The first kappa shape index (κ1) is 17.1. The lowest BCUT2D eigenvalue weighted by Crippen LogP contribution is -2.36. The molecule has 1 aromatic heterocycles. The molecular formula is C15H17F2NO5. The van der Waals surface area contributed by atoms with Crippen molar-refractivity contribution in [3.05, 3.63) is 33.7 Å². The maximum absolute atomic E-state index is 13.2. The lowest BCUT2D eigenvalue weighted by atomic mass is 10.1. The Kier molecular flexibility index (Phi) is 4.82. The maximum Gasteiger partial charge on any atom is 0.340 e. The van der Waals surface area contributed by atoms with Crippen molar-refractivity contribution >= 4 is 11.9 Å². The number of nitrogens with zero attached hydrogens (tertiary/aromatic N) is 1. The van der Waals surface area contributed by atoms with Gasteiger partial charge in [0.25, 0.3) is 12.0 Å². The number of carbonyl (C=O) groups is 2. The standard InChI is InChI=1S/C15H17F2NO5/c1-3-22-12(20)9-7-11(19)18(15(5-6-15)14(16)17)8-10(9)13(21)23-4-2/h7-8,14H,3-6H2,1-2H3. The second-order valence-corrected chi connectivity index (χ2v) is 5.15. The molecule has 0 bridgehead atoms.